The van der Waals surface area contributed by atoms with Gasteiger partial charge in [-0.25, -0.2) is 14.4 Å². The number of aliphatic hydroxyl groups excluding tert-OH is 11. The van der Waals surface area contributed by atoms with Gasteiger partial charge in [0.15, 0.2) is 31.1 Å². The number of carbonyl (C=O) groups excluding carboxylic acids is 2. The first-order valence-electron chi connectivity index (χ1n) is 28.9. The molecule has 23 heteroatoms. The number of carboxylic acid groups (broad SMARTS) is 1. The van der Waals surface area contributed by atoms with Gasteiger partial charge in [0.05, 0.1) is 31.3 Å². The van der Waals surface area contributed by atoms with Crippen LogP contribution in [0.2, 0.25) is 0 Å². The third-order valence-electron chi connectivity index (χ3n) is 21.9. The van der Waals surface area contributed by atoms with Gasteiger partial charge in [-0.3, -0.25) is 0 Å². The van der Waals surface area contributed by atoms with Crippen LogP contribution in [0.1, 0.15) is 121 Å². The zero-order valence-electron chi connectivity index (χ0n) is 49.5. The third-order valence-corrected chi connectivity index (χ3v) is 21.9. The number of hydrogen-bond acceptors (Lipinski definition) is 22. The second-order valence-corrected chi connectivity index (χ2v) is 26.3. The first kappa shape index (κ1) is 66.5. The lowest BCUT2D eigenvalue weighted by atomic mass is 9.32. The molecule has 5 aliphatic carbocycles. The van der Waals surface area contributed by atoms with Crippen LogP contribution in [0.15, 0.2) is 34.9 Å². The van der Waals surface area contributed by atoms with Crippen LogP contribution < -0.4 is 0 Å². The van der Waals surface area contributed by atoms with Crippen LogP contribution in [-0.2, 0) is 52.3 Å². The van der Waals surface area contributed by atoms with Gasteiger partial charge in [-0.15, -0.1) is 0 Å². The van der Waals surface area contributed by atoms with E-state index in [1.807, 2.05) is 0 Å². The number of carbonyl (C=O) groups is 3. The van der Waals surface area contributed by atoms with Crippen LogP contribution in [-0.4, -0.2) is 217 Å². The second-order valence-electron chi connectivity index (χ2n) is 26.3. The van der Waals surface area contributed by atoms with Crippen molar-refractivity contribution in [3.8, 4) is 0 Å². The molecule has 468 valence electrons. The lowest BCUT2D eigenvalue weighted by Gasteiger charge is -2.72. The summed E-state index contributed by atoms with van der Waals surface area (Å²) in [6.07, 6.45) is -14.3. The number of aliphatic carboxylic acids is 1. The number of hydrogen-bond donors (Lipinski definition) is 12. The molecule has 82 heavy (non-hydrogen) atoms. The highest BCUT2D eigenvalue weighted by Gasteiger charge is 2.74. The minimum Gasteiger partial charge on any atom is -0.479 e. The highest BCUT2D eigenvalue weighted by Crippen LogP contribution is 2.76. The van der Waals surface area contributed by atoms with Gasteiger partial charge in [0.2, 0.25) is 0 Å². The summed E-state index contributed by atoms with van der Waals surface area (Å²) in [5.41, 5.74) is -0.313. The normalized spacial score (nSPS) is 48.2. The van der Waals surface area contributed by atoms with Crippen molar-refractivity contribution in [1.82, 2.24) is 0 Å². The summed E-state index contributed by atoms with van der Waals surface area (Å²) in [6.45, 7) is 21.3. The maximum atomic E-state index is 13.5. The van der Waals surface area contributed by atoms with Crippen molar-refractivity contribution in [1.29, 1.82) is 0 Å². The summed E-state index contributed by atoms with van der Waals surface area (Å²) < 4.78 is 44.5. The zero-order valence-corrected chi connectivity index (χ0v) is 49.5. The number of esters is 2. The largest absolute Gasteiger partial charge is 0.479 e. The molecule has 7 fully saturated rings. The Kier molecular flexibility index (Phi) is 20.2. The number of rotatable bonds is 14. The Bertz CT molecular complexity index is 2380. The predicted octanol–water partition coefficient (Wildman–Crippen LogP) is 1.15. The molecule has 0 aromatic heterocycles. The van der Waals surface area contributed by atoms with Gasteiger partial charge >= 0.3 is 17.9 Å². The summed E-state index contributed by atoms with van der Waals surface area (Å²) >= 11 is 0. The number of methoxy groups -OCH3 is 1. The van der Waals surface area contributed by atoms with Gasteiger partial charge < -0.3 is 99.2 Å². The maximum absolute atomic E-state index is 13.5. The average Bonchev–Trinajstić information content (AvgIpc) is 1.05. The molecule has 4 saturated carbocycles. The van der Waals surface area contributed by atoms with Crippen molar-refractivity contribution in [2.45, 2.75) is 225 Å². The molecule has 26 atom stereocenters. The quantitative estimate of drug-likeness (QED) is 0.0659. The van der Waals surface area contributed by atoms with E-state index in [0.29, 0.717) is 41.7 Å². The van der Waals surface area contributed by atoms with E-state index in [0.717, 1.165) is 39.2 Å². The van der Waals surface area contributed by atoms with Crippen molar-refractivity contribution in [3.05, 3.63) is 34.9 Å². The molecule has 3 aliphatic heterocycles. The summed E-state index contributed by atoms with van der Waals surface area (Å²) in [5, 5.41) is 124. The highest BCUT2D eigenvalue weighted by molar-refractivity contribution is 5.89. The molecule has 8 aliphatic rings. The molecular weight excluding hydrogens is 1080 g/mol. The number of allylic oxidation sites excluding steroid dienone is 4. The van der Waals surface area contributed by atoms with Gasteiger partial charge in [-0.2, -0.15) is 0 Å². The lowest BCUT2D eigenvalue weighted by Crippen LogP contribution is -2.72. The zero-order chi connectivity index (χ0) is 61.1. The van der Waals surface area contributed by atoms with Crippen molar-refractivity contribution in [2.24, 2.45) is 56.2 Å². The van der Waals surface area contributed by atoms with E-state index >= 15 is 0 Å². The molecule has 0 bridgehead atoms. The Balaban J connectivity index is 0.000000251. The Morgan fingerprint density at radius 2 is 1.20 bits per heavy atom. The Hall–Kier alpha value is -3.05. The highest BCUT2D eigenvalue weighted by atomic mass is 16.8. The minimum absolute atomic E-state index is 0.0519. The van der Waals surface area contributed by atoms with E-state index in [4.69, 9.17) is 37.9 Å². The maximum Gasteiger partial charge on any atom is 0.335 e. The molecule has 12 N–H and O–H groups in total. The molecule has 0 aromatic rings. The SMILES string of the molecule is C/C=C(/C)C(=O)O[C@H]1[C@H](OC(=O)/C(C)=C\C)[C@@]2(CO)C(CC1(C)C)C1=CCC3[C@@]4(C)CC[C@H](C)[C@](C)(CO)C4CC[C@@]3(C)[C@]1(C)C[C@H]2O.CO[C@@H]1OC(C(=O)O)[C@@H](O)[C@@H](O[C@@H]2O[C@@H](CO)[C@@H](O)C2O)C1O[C@@H]1OC(CO)[C@@H](O)[C@@H](O)C1O. The number of ether oxygens (including phenoxy) is 8. The number of aliphatic hydroxyl groups is 11. The molecule has 0 aromatic carbocycles. The van der Waals surface area contributed by atoms with Crippen molar-refractivity contribution >= 4 is 17.9 Å². The van der Waals surface area contributed by atoms with Crippen LogP contribution in [0.5, 0.6) is 0 Å². The molecule has 0 spiro atoms. The first-order chi connectivity index (χ1) is 38.3. The van der Waals surface area contributed by atoms with Gasteiger partial charge in [-0.05, 0) is 118 Å². The number of fused-ring (bicyclic) bond motifs is 7. The fourth-order valence-corrected chi connectivity index (χ4v) is 16.1. The molecule has 23 nitrogen and oxygen atoms in total. The molecule has 0 radical (unpaired) electrons. The van der Waals surface area contributed by atoms with E-state index in [9.17, 15) is 75.7 Å². The third kappa shape index (κ3) is 11.0. The van der Waals surface area contributed by atoms with Gasteiger partial charge in [0.25, 0.3) is 0 Å². The molecule has 8 unspecified atom stereocenters. The van der Waals surface area contributed by atoms with Gasteiger partial charge in [0, 0.05) is 30.3 Å². The minimum atomic E-state index is -1.97. The summed E-state index contributed by atoms with van der Waals surface area (Å²) in [6, 6.07) is 0. The predicted molar refractivity (Wildman–Crippen MR) is 288 cm³/mol. The number of carboxylic acids is 1. The van der Waals surface area contributed by atoms with Gasteiger partial charge in [0.1, 0.15) is 67.1 Å². The van der Waals surface area contributed by atoms with E-state index < -0.39 is 153 Å². The topological polar surface area (TPSA) is 368 Å². The standard InChI is InChI=1S/C41H64O7.C18H30O16/c1-12-24(3)34(45)47-32-33(48-35(46)25(4)13-2)41(23-43)28(20-36(32,6)7)27-14-15-30-37(8)18-16-26(5)38(9,22-42)29(37)17-19-39(30,10)40(27,11)21-31(41)44;1-29-18-14(34-17-10(25)8(23)6(21)4(2-19)30-17)12(11(26)13(33-18)15(27)28)32-16-9(24)7(22)5(3-20)31-16/h12-14,26,28-33,42-44H,15-23H2,1-11H3;4-14,16-26H,2-3H2,1H3,(H,27,28)/b24-12-,25-13-;/t26-,28?,29?,30?,31+,32-,33-,37-,38-,39+,40+,41-;4?,5-,6+,7+,8+,9?,10?,11-,12+,13?,14?,16-,17-,18+/m00/s1. The van der Waals surface area contributed by atoms with Crippen LogP contribution in [0, 0.1) is 56.2 Å². The van der Waals surface area contributed by atoms with E-state index in [1.165, 1.54) is 5.57 Å². The van der Waals surface area contributed by atoms with Crippen LogP contribution in [0.3, 0.4) is 0 Å². The van der Waals surface area contributed by atoms with Gasteiger partial charge in [-0.1, -0.05) is 72.3 Å². The second kappa shape index (κ2) is 25.0. The monoisotopic (exact) mass is 1170 g/mol. The van der Waals surface area contributed by atoms with Crippen LogP contribution in [0.25, 0.3) is 0 Å². The van der Waals surface area contributed by atoms with E-state index in [-0.39, 0.29) is 34.2 Å². The smallest absolute Gasteiger partial charge is 0.335 e. The first-order valence-corrected chi connectivity index (χ1v) is 28.9. The Morgan fingerprint density at radius 3 is 1.71 bits per heavy atom. The molecule has 3 saturated heterocycles. The van der Waals surface area contributed by atoms with Crippen LogP contribution in [0.4, 0.5) is 0 Å². The lowest BCUT2D eigenvalue weighted by molar-refractivity contribution is -0.374. The van der Waals surface area contributed by atoms with Crippen molar-refractivity contribution in [2.75, 3.05) is 33.5 Å². The average molecular weight is 1170 g/mol. The summed E-state index contributed by atoms with van der Waals surface area (Å²) in [7, 11) is 1.11. The fraction of sp³-hybridized carbons (Fsp3) is 0.847. The molecule has 8 rings (SSSR count). The summed E-state index contributed by atoms with van der Waals surface area (Å²) in [4.78, 5) is 38.4. The molecular formula is C59H94O23. The fourth-order valence-electron chi connectivity index (χ4n) is 16.1. The summed E-state index contributed by atoms with van der Waals surface area (Å²) in [5.74, 6) is -1.65. The van der Waals surface area contributed by atoms with Crippen molar-refractivity contribution in [3.63, 3.8) is 0 Å². The Morgan fingerprint density at radius 1 is 0.659 bits per heavy atom. The Labute approximate surface area is 480 Å². The van der Waals surface area contributed by atoms with E-state index in [1.54, 1.807) is 39.8 Å². The molecule has 0 amide bonds. The van der Waals surface area contributed by atoms with E-state index in [2.05, 4.69) is 54.5 Å². The van der Waals surface area contributed by atoms with Crippen LogP contribution >= 0.6 is 0 Å². The molecule has 3 heterocycles. The van der Waals surface area contributed by atoms with Crippen molar-refractivity contribution < 1.29 is 114 Å².